The predicted octanol–water partition coefficient (Wildman–Crippen LogP) is 1.80. The van der Waals surface area contributed by atoms with Crippen LogP contribution in [0.3, 0.4) is 0 Å². The van der Waals surface area contributed by atoms with Crippen molar-refractivity contribution in [3.8, 4) is 0 Å². The number of hydrogen-bond acceptors (Lipinski definition) is 3. The van der Waals surface area contributed by atoms with Gasteiger partial charge in [0.1, 0.15) is 0 Å². The molecule has 0 fully saturated rings. The monoisotopic (exact) mass is 374 g/mol. The van der Waals surface area contributed by atoms with Crippen molar-refractivity contribution in [1.29, 1.82) is 0 Å². The smallest absolute Gasteiger partial charge is 0.364 e. The molecule has 3 heterocycles. The number of aryl methyl sites for hydroxylation is 3. The second kappa shape index (κ2) is 10.1. The molecule has 0 aliphatic rings. The van der Waals surface area contributed by atoms with Gasteiger partial charge < -0.3 is 34.5 Å². The van der Waals surface area contributed by atoms with Crippen molar-refractivity contribution in [2.24, 2.45) is 21.1 Å². The van der Waals surface area contributed by atoms with Crippen LogP contribution in [0, 0.1) is 20.8 Å². The van der Waals surface area contributed by atoms with Crippen LogP contribution in [-0.4, -0.2) is 28.7 Å². The van der Waals surface area contributed by atoms with Crippen molar-refractivity contribution in [3.63, 3.8) is 0 Å². The van der Waals surface area contributed by atoms with E-state index < -0.39 is 0 Å². The average Bonchev–Trinajstić information content (AvgIpc) is 3.11. The molecule has 3 aromatic heterocycles. The zero-order chi connectivity index (χ0) is 15.8. The Morgan fingerprint density at radius 2 is 0.864 bits per heavy atom. The maximum absolute atomic E-state index is 3.87. The zero-order valence-corrected chi connectivity index (χ0v) is 16.2. The Morgan fingerprint density at radius 1 is 0.636 bits per heavy atom. The predicted molar refractivity (Wildman–Crippen MR) is 83.0 cm³/mol. The molecule has 114 valence electrons. The maximum Gasteiger partial charge on any atom is 3.00 e. The first-order valence-electron chi connectivity index (χ1n) is 6.29. The van der Waals surface area contributed by atoms with Crippen molar-refractivity contribution >= 4 is 0 Å². The van der Waals surface area contributed by atoms with E-state index in [0.717, 1.165) is 17.5 Å². The molecule has 0 amide bonds. The van der Waals surface area contributed by atoms with Gasteiger partial charge in [-0.1, -0.05) is 0 Å². The maximum atomic E-state index is 3.87. The molecule has 0 aromatic carbocycles. The first kappa shape index (κ1) is 20.3. The van der Waals surface area contributed by atoms with E-state index in [4.69, 9.17) is 0 Å². The van der Waals surface area contributed by atoms with Gasteiger partial charge in [0.2, 0.25) is 0 Å². The standard InChI is InChI=1S/3C5H7N2.Y/c3*1-5-6-3-4-7(5)2;/h3*3-4H,1H2,2H3;/q3*-1;+3. The fraction of sp³-hybridized carbons (Fsp3) is 0.200. The number of imidazole rings is 3. The molecule has 0 aliphatic heterocycles. The van der Waals surface area contributed by atoms with Gasteiger partial charge in [0, 0.05) is 58.3 Å². The summed E-state index contributed by atoms with van der Waals surface area (Å²) in [5.74, 6) is 2.42. The van der Waals surface area contributed by atoms with Crippen LogP contribution in [0.4, 0.5) is 0 Å². The third kappa shape index (κ3) is 6.87. The molecular weight excluding hydrogens is 353 g/mol. The Morgan fingerprint density at radius 3 is 0.909 bits per heavy atom. The Kier molecular flexibility index (Phi) is 9.37. The summed E-state index contributed by atoms with van der Waals surface area (Å²) in [7, 11) is 5.74. The summed E-state index contributed by atoms with van der Waals surface area (Å²) in [4.78, 5) is 11.6. The van der Waals surface area contributed by atoms with Gasteiger partial charge in [0.05, 0.1) is 0 Å². The minimum Gasteiger partial charge on any atom is -0.364 e. The van der Waals surface area contributed by atoms with Crippen molar-refractivity contribution in [3.05, 3.63) is 75.4 Å². The van der Waals surface area contributed by atoms with Crippen molar-refractivity contribution in [1.82, 2.24) is 28.7 Å². The van der Waals surface area contributed by atoms with Gasteiger partial charge in [0.15, 0.2) is 0 Å². The molecule has 0 atom stereocenters. The molecule has 0 bridgehead atoms. The van der Waals surface area contributed by atoms with Crippen LogP contribution in [-0.2, 0) is 53.9 Å². The van der Waals surface area contributed by atoms with Crippen LogP contribution in [0.25, 0.3) is 0 Å². The van der Waals surface area contributed by atoms with E-state index in [9.17, 15) is 0 Å². The van der Waals surface area contributed by atoms with Gasteiger partial charge in [-0.25, -0.2) is 0 Å². The summed E-state index contributed by atoms with van der Waals surface area (Å²) in [5, 5.41) is 0. The molecule has 0 saturated carbocycles. The molecule has 0 unspecified atom stereocenters. The number of nitrogens with zero attached hydrogens (tertiary/aromatic N) is 6. The van der Waals surface area contributed by atoms with E-state index in [1.807, 2.05) is 53.4 Å². The second-order valence-corrected chi connectivity index (χ2v) is 4.36. The van der Waals surface area contributed by atoms with E-state index in [1.54, 1.807) is 18.6 Å². The van der Waals surface area contributed by atoms with Crippen LogP contribution < -0.4 is 0 Å². The second-order valence-electron chi connectivity index (χ2n) is 4.36. The Hall–Kier alpha value is -1.66. The number of hydrogen-bond donors (Lipinski definition) is 0. The quantitative estimate of drug-likeness (QED) is 0.564. The first-order chi connectivity index (χ1) is 9.91. The SMILES string of the molecule is [CH2-]c1nccn1C.[CH2-]c1nccn1C.[CH2-]c1nccn1C.[Y+3]. The van der Waals surface area contributed by atoms with Crippen molar-refractivity contribution in [2.45, 2.75) is 0 Å². The Labute approximate surface area is 157 Å². The molecule has 22 heavy (non-hydrogen) atoms. The van der Waals surface area contributed by atoms with Crippen LogP contribution in [0.2, 0.25) is 0 Å². The van der Waals surface area contributed by atoms with Crippen molar-refractivity contribution < 1.29 is 32.7 Å². The minimum atomic E-state index is 0. The molecule has 0 spiro atoms. The molecule has 6 nitrogen and oxygen atoms in total. The molecule has 0 aliphatic carbocycles. The molecule has 0 N–H and O–H groups in total. The Balaban J connectivity index is 0.000000294. The molecule has 3 aromatic rings. The fourth-order valence-corrected chi connectivity index (χ4v) is 1.19. The van der Waals surface area contributed by atoms with Crippen LogP contribution in [0.1, 0.15) is 17.5 Å². The summed E-state index contributed by atoms with van der Waals surface area (Å²) in [6.45, 7) is 10.9. The zero-order valence-electron chi connectivity index (χ0n) is 13.3. The fourth-order valence-electron chi connectivity index (χ4n) is 1.19. The molecular formula is C15H21N6Y. The molecule has 3 rings (SSSR count). The summed E-state index contributed by atoms with van der Waals surface area (Å²) < 4.78 is 5.58. The topological polar surface area (TPSA) is 53.5 Å². The van der Waals surface area contributed by atoms with E-state index in [1.165, 1.54) is 0 Å². The summed E-state index contributed by atoms with van der Waals surface area (Å²) in [5.41, 5.74) is 0. The van der Waals surface area contributed by atoms with Crippen LogP contribution in [0.15, 0.2) is 37.2 Å². The van der Waals surface area contributed by atoms with Gasteiger partial charge in [-0.05, 0) is 17.5 Å². The van der Waals surface area contributed by atoms with Crippen LogP contribution >= 0.6 is 0 Å². The normalized spacial score (nSPS) is 8.86. The third-order valence-electron chi connectivity index (χ3n) is 2.76. The Bertz CT molecular complexity index is 512. The van der Waals surface area contributed by atoms with E-state index in [0.29, 0.717) is 0 Å². The minimum absolute atomic E-state index is 0. The van der Waals surface area contributed by atoms with E-state index >= 15 is 0 Å². The largest absolute Gasteiger partial charge is 3.00 e. The number of rotatable bonds is 0. The number of aromatic nitrogens is 6. The van der Waals surface area contributed by atoms with Crippen molar-refractivity contribution in [2.75, 3.05) is 0 Å². The molecule has 7 heteroatoms. The van der Waals surface area contributed by atoms with Gasteiger partial charge in [0.25, 0.3) is 0 Å². The van der Waals surface area contributed by atoms with Gasteiger partial charge in [-0.15, -0.1) is 0 Å². The van der Waals surface area contributed by atoms with Gasteiger partial charge in [-0.2, -0.15) is 0 Å². The van der Waals surface area contributed by atoms with E-state index in [-0.39, 0.29) is 32.7 Å². The third-order valence-corrected chi connectivity index (χ3v) is 2.76. The van der Waals surface area contributed by atoms with E-state index in [2.05, 4.69) is 35.7 Å². The van der Waals surface area contributed by atoms with Gasteiger partial charge in [-0.3, -0.25) is 15.0 Å². The molecule has 0 saturated heterocycles. The van der Waals surface area contributed by atoms with Gasteiger partial charge >= 0.3 is 32.7 Å². The average molecular weight is 374 g/mol. The summed E-state index contributed by atoms with van der Waals surface area (Å²) in [6.07, 6.45) is 10.8. The molecule has 0 radical (unpaired) electrons. The van der Waals surface area contributed by atoms with Crippen LogP contribution in [0.5, 0.6) is 0 Å². The summed E-state index contributed by atoms with van der Waals surface area (Å²) in [6, 6.07) is 0. The first-order valence-corrected chi connectivity index (χ1v) is 6.29. The summed E-state index contributed by atoms with van der Waals surface area (Å²) >= 11 is 0.